The van der Waals surface area contributed by atoms with Gasteiger partial charge >= 0.3 is 7.12 Å². The number of halogens is 1. The molecule has 1 aromatic carbocycles. The molecule has 1 aromatic heterocycles. The zero-order chi connectivity index (χ0) is 21.4. The van der Waals surface area contributed by atoms with Crippen LogP contribution in [0, 0.1) is 11.7 Å². The second-order valence-corrected chi connectivity index (χ2v) is 7.24. The third-order valence-electron chi connectivity index (χ3n) is 4.32. The predicted molar refractivity (Wildman–Crippen MR) is 107 cm³/mol. The van der Waals surface area contributed by atoms with E-state index in [0.29, 0.717) is 17.5 Å². The average Bonchev–Trinajstić information content (AvgIpc) is 2.67. The first-order valence-electron chi connectivity index (χ1n) is 9.38. The van der Waals surface area contributed by atoms with Crippen molar-refractivity contribution in [3.05, 3.63) is 65.7 Å². The quantitative estimate of drug-likeness (QED) is 0.478. The first-order chi connectivity index (χ1) is 13.8. The summed E-state index contributed by atoms with van der Waals surface area (Å²) in [7, 11) is -1.70. The second kappa shape index (κ2) is 10.7. The Balaban J connectivity index is 2.15. The van der Waals surface area contributed by atoms with Gasteiger partial charge < -0.3 is 20.7 Å². The average molecular weight is 401 g/mol. The lowest BCUT2D eigenvalue weighted by Gasteiger charge is -2.23. The fraction of sp³-hybridized carbons (Fsp3) is 0.350. The van der Waals surface area contributed by atoms with Crippen LogP contribution in [0.1, 0.15) is 48.7 Å². The van der Waals surface area contributed by atoms with Gasteiger partial charge in [0.2, 0.25) is 5.91 Å². The Labute approximate surface area is 169 Å². The Morgan fingerprint density at radius 1 is 1.14 bits per heavy atom. The molecule has 0 aliphatic carbocycles. The molecule has 2 aromatic rings. The zero-order valence-corrected chi connectivity index (χ0v) is 16.4. The van der Waals surface area contributed by atoms with E-state index in [1.807, 2.05) is 13.8 Å². The van der Waals surface area contributed by atoms with E-state index >= 15 is 0 Å². The van der Waals surface area contributed by atoms with Gasteiger partial charge in [-0.05, 0) is 42.2 Å². The van der Waals surface area contributed by atoms with Crippen molar-refractivity contribution >= 4 is 18.9 Å². The normalized spacial score (nSPS) is 12.9. The molecular weight excluding hydrogens is 376 g/mol. The highest BCUT2D eigenvalue weighted by molar-refractivity contribution is 6.43. The summed E-state index contributed by atoms with van der Waals surface area (Å²) in [6.07, 6.45) is 3.17. The molecule has 0 fully saturated rings. The maximum atomic E-state index is 13.3. The summed E-state index contributed by atoms with van der Waals surface area (Å²) in [5, 5.41) is 24.4. The molecule has 29 heavy (non-hydrogen) atoms. The van der Waals surface area contributed by atoms with E-state index in [-0.39, 0.29) is 12.3 Å². The van der Waals surface area contributed by atoms with Crippen molar-refractivity contribution in [1.82, 2.24) is 15.6 Å². The number of nitrogens with one attached hydrogen (secondary N) is 2. The smallest absolute Gasteiger partial charge is 0.426 e. The molecule has 0 aliphatic rings. The molecule has 2 atom stereocenters. The molecule has 0 bridgehead atoms. The number of hydrogen-bond donors (Lipinski definition) is 4. The van der Waals surface area contributed by atoms with Gasteiger partial charge in [-0.1, -0.05) is 26.0 Å². The first kappa shape index (κ1) is 22.5. The molecule has 4 N–H and O–H groups in total. The van der Waals surface area contributed by atoms with Crippen LogP contribution in [-0.4, -0.2) is 39.9 Å². The number of carbonyl (C=O) groups excluding carboxylic acids is 2. The maximum absolute atomic E-state index is 13.3. The third kappa shape index (κ3) is 7.28. The Bertz CT molecular complexity index is 803. The molecule has 0 saturated heterocycles. The molecule has 0 spiro atoms. The molecule has 1 heterocycles. The summed E-state index contributed by atoms with van der Waals surface area (Å²) < 4.78 is 13.3. The largest absolute Gasteiger partial charge is 0.475 e. The molecular formula is C20H25BFN3O4. The molecule has 2 amide bonds. The summed E-state index contributed by atoms with van der Waals surface area (Å²) in [5.41, 5.74) is 0.868. The fourth-order valence-corrected chi connectivity index (χ4v) is 2.90. The van der Waals surface area contributed by atoms with Gasteiger partial charge in [-0.15, -0.1) is 0 Å². The van der Waals surface area contributed by atoms with Crippen molar-refractivity contribution in [2.45, 2.75) is 38.7 Å². The van der Waals surface area contributed by atoms with Crippen LogP contribution in [0.25, 0.3) is 0 Å². The van der Waals surface area contributed by atoms with E-state index < -0.39 is 36.7 Å². The van der Waals surface area contributed by atoms with Crippen molar-refractivity contribution in [2.75, 3.05) is 0 Å². The van der Waals surface area contributed by atoms with Gasteiger partial charge in [0.15, 0.2) is 0 Å². The monoisotopic (exact) mass is 401 g/mol. The van der Waals surface area contributed by atoms with Gasteiger partial charge in [-0.25, -0.2) is 4.39 Å². The number of nitrogens with zero attached hydrogens (tertiary/aromatic N) is 1. The van der Waals surface area contributed by atoms with E-state index in [2.05, 4.69) is 15.6 Å². The van der Waals surface area contributed by atoms with Gasteiger partial charge in [0.05, 0.1) is 24.0 Å². The molecule has 0 saturated carbocycles. The topological polar surface area (TPSA) is 112 Å². The van der Waals surface area contributed by atoms with Crippen molar-refractivity contribution in [2.24, 2.45) is 5.92 Å². The molecule has 0 aliphatic heterocycles. The highest BCUT2D eigenvalue weighted by Gasteiger charge is 2.28. The van der Waals surface area contributed by atoms with Gasteiger partial charge in [0.25, 0.3) is 5.91 Å². The molecule has 2 rings (SSSR count). The van der Waals surface area contributed by atoms with Gasteiger partial charge in [0.1, 0.15) is 5.82 Å². The summed E-state index contributed by atoms with van der Waals surface area (Å²) in [5.74, 6) is -2.02. The van der Waals surface area contributed by atoms with Crippen molar-refractivity contribution in [1.29, 1.82) is 0 Å². The predicted octanol–water partition coefficient (Wildman–Crippen LogP) is 1.62. The summed E-state index contributed by atoms with van der Waals surface area (Å²) >= 11 is 0. The number of carbonyl (C=O) groups is 2. The molecule has 7 nitrogen and oxygen atoms in total. The first-order valence-corrected chi connectivity index (χ1v) is 9.38. The van der Waals surface area contributed by atoms with E-state index in [0.717, 1.165) is 0 Å². The lowest BCUT2D eigenvalue weighted by molar-refractivity contribution is -0.122. The minimum Gasteiger partial charge on any atom is -0.426 e. The van der Waals surface area contributed by atoms with Gasteiger partial charge in [-0.3, -0.25) is 14.6 Å². The number of pyridine rings is 1. The Morgan fingerprint density at radius 2 is 1.83 bits per heavy atom. The van der Waals surface area contributed by atoms with Crippen molar-refractivity contribution < 1.29 is 24.0 Å². The summed E-state index contributed by atoms with van der Waals surface area (Å²) in [6, 6.07) is 7.94. The molecule has 154 valence electrons. The van der Waals surface area contributed by atoms with Gasteiger partial charge in [-0.2, -0.15) is 0 Å². The molecule has 0 radical (unpaired) electrons. The van der Waals surface area contributed by atoms with E-state index in [1.54, 1.807) is 12.1 Å². The Kier molecular flexibility index (Phi) is 8.29. The van der Waals surface area contributed by atoms with Crippen LogP contribution in [0.4, 0.5) is 4.39 Å². The van der Waals surface area contributed by atoms with Crippen LogP contribution < -0.4 is 10.6 Å². The zero-order valence-electron chi connectivity index (χ0n) is 16.4. The van der Waals surface area contributed by atoms with Crippen LogP contribution >= 0.6 is 0 Å². The number of aromatic nitrogens is 1. The third-order valence-corrected chi connectivity index (χ3v) is 4.32. The van der Waals surface area contributed by atoms with Crippen LogP contribution in [0.5, 0.6) is 0 Å². The minimum absolute atomic E-state index is 0.139. The summed E-state index contributed by atoms with van der Waals surface area (Å²) in [6.45, 7) is 3.80. The Morgan fingerprint density at radius 3 is 2.38 bits per heavy atom. The number of amides is 2. The van der Waals surface area contributed by atoms with Gasteiger partial charge in [0, 0.05) is 12.4 Å². The van der Waals surface area contributed by atoms with Crippen LogP contribution in [-0.2, 0) is 4.79 Å². The van der Waals surface area contributed by atoms with Crippen LogP contribution in [0.3, 0.4) is 0 Å². The standard InChI is InChI=1S/C20H25BFN3O4/c1-13(2)10-18(21(28)29)25-19(26)11-17(14-5-7-16(22)8-6-14)24-20(27)15-4-3-9-23-12-15/h3-9,12-13,17-18,28-29H,10-11H2,1-2H3,(H,24,27)(H,25,26). The Hall–Kier alpha value is -2.78. The fourth-order valence-electron chi connectivity index (χ4n) is 2.90. The highest BCUT2D eigenvalue weighted by Crippen LogP contribution is 2.19. The lowest BCUT2D eigenvalue weighted by atomic mass is 9.75. The van der Waals surface area contributed by atoms with E-state index in [1.165, 1.54) is 36.7 Å². The van der Waals surface area contributed by atoms with E-state index in [9.17, 15) is 24.0 Å². The van der Waals surface area contributed by atoms with Crippen LogP contribution in [0.15, 0.2) is 48.8 Å². The van der Waals surface area contributed by atoms with Crippen LogP contribution in [0.2, 0.25) is 0 Å². The van der Waals surface area contributed by atoms with Crippen molar-refractivity contribution in [3.8, 4) is 0 Å². The summed E-state index contributed by atoms with van der Waals surface area (Å²) in [4.78, 5) is 29.0. The molecule has 2 unspecified atom stereocenters. The number of benzene rings is 1. The number of hydrogen-bond acceptors (Lipinski definition) is 5. The highest BCUT2D eigenvalue weighted by atomic mass is 19.1. The van der Waals surface area contributed by atoms with Crippen molar-refractivity contribution in [3.63, 3.8) is 0 Å². The molecule has 9 heteroatoms. The lowest BCUT2D eigenvalue weighted by Crippen LogP contribution is -2.48. The SMILES string of the molecule is CC(C)CC(NC(=O)CC(NC(=O)c1cccnc1)c1ccc(F)cc1)B(O)O. The number of rotatable bonds is 9. The minimum atomic E-state index is -1.70. The van der Waals surface area contributed by atoms with E-state index in [4.69, 9.17) is 0 Å². The maximum Gasteiger partial charge on any atom is 0.475 e. The second-order valence-electron chi connectivity index (χ2n) is 7.24.